The number of benzene rings is 1. The molecule has 1 aromatic heterocycles. The van der Waals surface area contributed by atoms with E-state index in [0.29, 0.717) is 63.7 Å². The number of hydrogen-bond donors (Lipinski definition) is 13. The van der Waals surface area contributed by atoms with Crippen LogP contribution < -0.4 is 54.4 Å². The molecule has 0 bridgehead atoms. The first-order chi connectivity index (χ1) is 33.3. The van der Waals surface area contributed by atoms with Crippen LogP contribution in [0, 0.1) is 17.8 Å². The third-order valence-corrected chi connectivity index (χ3v) is 12.3. The molecule has 22 nitrogen and oxygen atoms in total. The number of hydrogen-bond acceptors (Lipinski definition) is 13. The van der Waals surface area contributed by atoms with Crippen molar-refractivity contribution in [3.05, 3.63) is 54.1 Å². The van der Waals surface area contributed by atoms with E-state index in [-0.39, 0.29) is 37.6 Å². The zero-order chi connectivity index (χ0) is 52.3. The Morgan fingerprint density at radius 3 is 1.70 bits per heavy atom. The Labute approximate surface area is 411 Å². The van der Waals surface area contributed by atoms with E-state index in [1.54, 1.807) is 20.8 Å². The van der Waals surface area contributed by atoms with E-state index in [9.17, 15) is 48.6 Å². The van der Waals surface area contributed by atoms with E-state index in [2.05, 4.69) is 47.2 Å². The summed E-state index contributed by atoms with van der Waals surface area (Å²) in [7, 11) is 0. The number of carbonyl (C=O) groups is 8. The number of carboxylic acids is 2. The molecule has 6 amide bonds. The Balaban J connectivity index is 2.42. The molecule has 70 heavy (non-hydrogen) atoms. The van der Waals surface area contributed by atoms with Gasteiger partial charge in [0, 0.05) is 30.9 Å². The van der Waals surface area contributed by atoms with Gasteiger partial charge in [0.2, 0.25) is 35.4 Å². The van der Waals surface area contributed by atoms with Crippen molar-refractivity contribution in [2.24, 2.45) is 35.0 Å². The van der Waals surface area contributed by atoms with Gasteiger partial charge in [0.1, 0.15) is 30.2 Å². The minimum Gasteiger partial charge on any atom is -0.481 e. The minimum absolute atomic E-state index is 0.0315. The second-order valence-electron chi connectivity index (χ2n) is 18.3. The van der Waals surface area contributed by atoms with Crippen molar-refractivity contribution in [1.29, 1.82) is 0 Å². The lowest BCUT2D eigenvalue weighted by Crippen LogP contribution is -2.61. The Hall–Kier alpha value is -5.97. The summed E-state index contributed by atoms with van der Waals surface area (Å²) in [6.07, 6.45) is 5.88. The highest BCUT2D eigenvalue weighted by Gasteiger charge is 2.36. The van der Waals surface area contributed by atoms with Crippen molar-refractivity contribution >= 4 is 47.4 Å². The van der Waals surface area contributed by atoms with Gasteiger partial charge in [-0.05, 0) is 81.4 Å². The van der Waals surface area contributed by atoms with Gasteiger partial charge in [-0.15, -0.1) is 0 Å². The standard InChI is InChI=1S/C48H80N12O10/c1-7-29(5)40(46(67)60-41(30(6)8-2)47(68)59-39(28(3)4)45(66)57-36(48(69)70)19-13-15-21-50)53-26-33(22-31-16-10-9-11-17-31)55-44(65)37(23-32-25-52-27-54-32)58-43(64)35(18-12-14-20-49)56-42(63)34(51)24-38(61)62/h9-11,16-17,25,27-30,33-37,39-41,53H,7-8,12-15,18-24,26,49-51H2,1-6H3,(H,52,54)(H,55,65)(H,56,63)(H,57,66)(H,58,64)(H,59,68)(H,60,67)(H,61,62)(H,69,70)/t29-,30-,33+,34+,35+,36+,37+,39+,40+,41+/m1/s1. The van der Waals surface area contributed by atoms with Crippen LogP contribution in [0.3, 0.4) is 0 Å². The molecule has 0 aliphatic carbocycles. The van der Waals surface area contributed by atoms with Crippen LogP contribution in [-0.2, 0) is 51.2 Å². The number of carbonyl (C=O) groups excluding carboxylic acids is 6. The summed E-state index contributed by atoms with van der Waals surface area (Å²) >= 11 is 0. The number of aromatic nitrogens is 2. The first-order valence-corrected chi connectivity index (χ1v) is 24.4. The molecule has 0 aliphatic rings. The number of amides is 6. The maximum Gasteiger partial charge on any atom is 0.326 e. The Kier molecular flexibility index (Phi) is 27.5. The number of imidazole rings is 1. The normalized spacial score (nSPS) is 15.6. The number of aliphatic carboxylic acids is 2. The molecule has 0 unspecified atom stereocenters. The van der Waals surface area contributed by atoms with Gasteiger partial charge >= 0.3 is 11.9 Å². The summed E-state index contributed by atoms with van der Waals surface area (Å²) in [5.74, 6) is -7.52. The topological polar surface area (TPSA) is 368 Å². The summed E-state index contributed by atoms with van der Waals surface area (Å²) in [4.78, 5) is 113. The molecule has 0 fully saturated rings. The van der Waals surface area contributed by atoms with Crippen molar-refractivity contribution in [1.82, 2.24) is 47.2 Å². The fraction of sp³-hybridized carbons (Fsp3) is 0.646. The fourth-order valence-electron chi connectivity index (χ4n) is 7.59. The largest absolute Gasteiger partial charge is 0.481 e. The third kappa shape index (κ3) is 21.3. The molecule has 0 saturated carbocycles. The van der Waals surface area contributed by atoms with E-state index in [0.717, 1.165) is 5.56 Å². The molecule has 22 heteroatoms. The second-order valence-corrected chi connectivity index (χ2v) is 18.3. The van der Waals surface area contributed by atoms with Gasteiger partial charge in [-0.2, -0.15) is 0 Å². The first-order valence-electron chi connectivity index (χ1n) is 24.4. The highest BCUT2D eigenvalue weighted by Crippen LogP contribution is 2.15. The molecule has 1 heterocycles. The third-order valence-electron chi connectivity index (χ3n) is 12.3. The minimum atomic E-state index is -1.43. The maximum atomic E-state index is 14.4. The predicted molar refractivity (Wildman–Crippen MR) is 263 cm³/mol. The van der Waals surface area contributed by atoms with E-state index < -0.39 is 108 Å². The van der Waals surface area contributed by atoms with Crippen LogP contribution in [0.15, 0.2) is 42.9 Å². The summed E-state index contributed by atoms with van der Waals surface area (Å²) in [5.41, 5.74) is 18.4. The van der Waals surface area contributed by atoms with Gasteiger partial charge < -0.3 is 69.6 Å². The fourth-order valence-corrected chi connectivity index (χ4v) is 7.59. The summed E-state index contributed by atoms with van der Waals surface area (Å²) in [6.45, 7) is 11.6. The van der Waals surface area contributed by atoms with Crippen LogP contribution in [-0.4, -0.2) is 136 Å². The average Bonchev–Trinajstić information content (AvgIpc) is 3.84. The van der Waals surface area contributed by atoms with Gasteiger partial charge in [0.25, 0.3) is 0 Å². The van der Waals surface area contributed by atoms with Crippen LogP contribution in [0.2, 0.25) is 0 Å². The zero-order valence-corrected chi connectivity index (χ0v) is 41.6. The number of nitrogens with one attached hydrogen (secondary N) is 8. The molecule has 16 N–H and O–H groups in total. The molecule has 392 valence electrons. The van der Waals surface area contributed by atoms with E-state index in [1.807, 2.05) is 51.1 Å². The first kappa shape index (κ1) is 60.2. The molecule has 2 aromatic rings. The summed E-state index contributed by atoms with van der Waals surface area (Å²) in [5, 5.41) is 38.9. The smallest absolute Gasteiger partial charge is 0.326 e. The Morgan fingerprint density at radius 1 is 0.629 bits per heavy atom. The summed E-state index contributed by atoms with van der Waals surface area (Å²) in [6, 6.07) is 0.587. The van der Waals surface area contributed by atoms with Crippen LogP contribution in [0.5, 0.6) is 0 Å². The highest BCUT2D eigenvalue weighted by atomic mass is 16.4. The average molecular weight is 985 g/mol. The lowest BCUT2D eigenvalue weighted by Gasteiger charge is -2.32. The number of unbranched alkanes of at least 4 members (excludes halogenated alkanes) is 2. The van der Waals surface area contributed by atoms with Crippen LogP contribution in [0.25, 0.3) is 0 Å². The SMILES string of the molecule is CC[C@@H](C)[C@H](NC[C@H](Cc1ccccc1)NC(=O)[C@H](Cc1cnc[nH]1)NC(=O)[C@H](CCCCN)NC(=O)[C@@H](N)CC(=O)O)C(=O)N[C@H](C(=O)N[C@H](C(=O)N[C@@H](CCCCN)C(=O)O)C(C)C)[C@H](C)CC. The number of H-pyrrole nitrogens is 1. The number of nitrogens with zero attached hydrogens (tertiary/aromatic N) is 1. The number of carboxylic acid groups (broad SMARTS) is 2. The predicted octanol–water partition coefficient (Wildman–Crippen LogP) is -0.0453. The monoisotopic (exact) mass is 985 g/mol. The van der Waals surface area contributed by atoms with Crippen molar-refractivity contribution in [2.75, 3.05) is 19.6 Å². The van der Waals surface area contributed by atoms with Gasteiger partial charge in [0.05, 0.1) is 24.8 Å². The lowest BCUT2D eigenvalue weighted by atomic mass is 9.93. The molecule has 2 rings (SSSR count). The van der Waals surface area contributed by atoms with Crippen molar-refractivity contribution in [3.8, 4) is 0 Å². The highest BCUT2D eigenvalue weighted by molar-refractivity contribution is 5.95. The Bertz CT molecular complexity index is 1940. The molecule has 0 spiro atoms. The number of rotatable bonds is 35. The quantitative estimate of drug-likeness (QED) is 0.0403. The summed E-state index contributed by atoms with van der Waals surface area (Å²) < 4.78 is 0. The molecule has 0 aliphatic heterocycles. The molecule has 0 saturated heterocycles. The van der Waals surface area contributed by atoms with Gasteiger partial charge in [-0.1, -0.05) is 84.7 Å². The van der Waals surface area contributed by atoms with Crippen LogP contribution >= 0.6 is 0 Å². The molecular weight excluding hydrogens is 905 g/mol. The van der Waals surface area contributed by atoms with Gasteiger partial charge in [-0.3, -0.25) is 33.6 Å². The zero-order valence-electron chi connectivity index (χ0n) is 41.6. The van der Waals surface area contributed by atoms with Crippen LogP contribution in [0.1, 0.15) is 111 Å². The van der Waals surface area contributed by atoms with E-state index in [1.165, 1.54) is 12.5 Å². The molecular formula is C48H80N12O10. The van der Waals surface area contributed by atoms with Gasteiger partial charge in [-0.25, -0.2) is 9.78 Å². The molecule has 0 radical (unpaired) electrons. The lowest BCUT2D eigenvalue weighted by molar-refractivity contribution is -0.143. The van der Waals surface area contributed by atoms with Crippen molar-refractivity contribution < 1.29 is 48.6 Å². The second kappa shape index (κ2) is 32.0. The number of nitrogens with two attached hydrogens (primary N) is 3. The molecule has 10 atom stereocenters. The van der Waals surface area contributed by atoms with E-state index >= 15 is 0 Å². The van der Waals surface area contributed by atoms with Gasteiger partial charge in [0.15, 0.2) is 0 Å². The van der Waals surface area contributed by atoms with Crippen LogP contribution in [0.4, 0.5) is 0 Å². The van der Waals surface area contributed by atoms with Crippen molar-refractivity contribution in [3.63, 3.8) is 0 Å². The molecule has 1 aromatic carbocycles. The van der Waals surface area contributed by atoms with E-state index in [4.69, 9.17) is 17.2 Å². The van der Waals surface area contributed by atoms with Crippen molar-refractivity contribution in [2.45, 2.75) is 161 Å². The Morgan fingerprint density at radius 2 is 1.16 bits per heavy atom. The number of aromatic amines is 1. The maximum absolute atomic E-state index is 14.4.